The number of aryl methyl sites for hydroxylation is 1. The molecule has 106 valence electrons. The van der Waals surface area contributed by atoms with Gasteiger partial charge in [-0.2, -0.15) is 0 Å². The van der Waals surface area contributed by atoms with Crippen LogP contribution < -0.4 is 10.9 Å². The molecule has 1 unspecified atom stereocenters. The maximum Gasteiger partial charge on any atom is 0.252 e. The minimum absolute atomic E-state index is 0.0156. The largest absolute Gasteiger partial charge is 0.378 e. The lowest BCUT2D eigenvalue weighted by molar-refractivity contribution is 0.872. The van der Waals surface area contributed by atoms with E-state index in [0.29, 0.717) is 0 Å². The van der Waals surface area contributed by atoms with Crippen LogP contribution in [0.5, 0.6) is 0 Å². The van der Waals surface area contributed by atoms with Crippen LogP contribution in [0.25, 0.3) is 10.9 Å². The van der Waals surface area contributed by atoms with E-state index in [9.17, 15) is 4.79 Å². The number of benzene rings is 1. The van der Waals surface area contributed by atoms with Crippen LogP contribution >= 0.6 is 0 Å². The number of nitrogens with one attached hydrogen (secondary N) is 1. The van der Waals surface area contributed by atoms with E-state index in [0.717, 1.165) is 22.2 Å². The van der Waals surface area contributed by atoms with E-state index in [1.807, 2.05) is 36.4 Å². The highest BCUT2D eigenvalue weighted by atomic mass is 16.1. The second kappa shape index (κ2) is 5.40. The summed E-state index contributed by atoms with van der Waals surface area (Å²) < 4.78 is 1.66. The monoisotopic (exact) mass is 279 g/mol. The minimum Gasteiger partial charge on any atom is -0.378 e. The first kappa shape index (κ1) is 13.4. The molecular weight excluding hydrogens is 262 g/mol. The minimum atomic E-state index is -0.0156. The van der Waals surface area contributed by atoms with E-state index < -0.39 is 0 Å². The van der Waals surface area contributed by atoms with Gasteiger partial charge < -0.3 is 9.88 Å². The zero-order valence-corrected chi connectivity index (χ0v) is 12.1. The van der Waals surface area contributed by atoms with Gasteiger partial charge in [0.2, 0.25) is 0 Å². The van der Waals surface area contributed by atoms with Gasteiger partial charge in [-0.05, 0) is 30.7 Å². The number of anilines is 1. The summed E-state index contributed by atoms with van der Waals surface area (Å²) in [4.78, 5) is 16.1. The molecule has 0 saturated carbocycles. The van der Waals surface area contributed by atoms with Gasteiger partial charge in [0.05, 0.1) is 5.52 Å². The lowest BCUT2D eigenvalue weighted by Gasteiger charge is -2.18. The molecule has 0 aliphatic carbocycles. The van der Waals surface area contributed by atoms with Crippen LogP contribution in [0, 0.1) is 0 Å². The Kier molecular flexibility index (Phi) is 3.44. The van der Waals surface area contributed by atoms with Gasteiger partial charge in [-0.1, -0.05) is 18.2 Å². The van der Waals surface area contributed by atoms with Gasteiger partial charge in [-0.3, -0.25) is 9.78 Å². The first-order valence-corrected chi connectivity index (χ1v) is 6.92. The molecule has 21 heavy (non-hydrogen) atoms. The fraction of sp³-hybridized carbons (Fsp3) is 0.176. The van der Waals surface area contributed by atoms with Gasteiger partial charge in [-0.25, -0.2) is 0 Å². The summed E-state index contributed by atoms with van der Waals surface area (Å²) in [6.45, 7) is 2.07. The number of para-hydroxylation sites is 1. The number of aromatic nitrogens is 2. The maximum atomic E-state index is 12.1. The second-order valence-electron chi connectivity index (χ2n) is 5.12. The van der Waals surface area contributed by atoms with E-state index >= 15 is 0 Å². The van der Waals surface area contributed by atoms with Gasteiger partial charge in [0.15, 0.2) is 0 Å². The fourth-order valence-corrected chi connectivity index (χ4v) is 2.50. The molecule has 0 bridgehead atoms. The Bertz CT molecular complexity index is 824. The van der Waals surface area contributed by atoms with Gasteiger partial charge in [0, 0.05) is 42.6 Å². The van der Waals surface area contributed by atoms with Crippen molar-refractivity contribution >= 4 is 16.6 Å². The number of hydrogen-bond acceptors (Lipinski definition) is 3. The molecule has 3 aromatic rings. The summed E-state index contributed by atoms with van der Waals surface area (Å²) in [6, 6.07) is 13.6. The highest BCUT2D eigenvalue weighted by molar-refractivity contribution is 5.91. The van der Waals surface area contributed by atoms with Crippen molar-refractivity contribution < 1.29 is 0 Å². The molecule has 0 saturated heterocycles. The molecule has 0 radical (unpaired) electrons. The Morgan fingerprint density at radius 1 is 1.14 bits per heavy atom. The Morgan fingerprint density at radius 3 is 2.62 bits per heavy atom. The Balaban J connectivity index is 2.05. The molecule has 0 aliphatic heterocycles. The van der Waals surface area contributed by atoms with Crippen molar-refractivity contribution in [1.29, 1.82) is 0 Å². The molecule has 2 heterocycles. The van der Waals surface area contributed by atoms with Crippen molar-refractivity contribution in [2.24, 2.45) is 7.05 Å². The van der Waals surface area contributed by atoms with Crippen molar-refractivity contribution in [3.05, 3.63) is 70.8 Å². The van der Waals surface area contributed by atoms with Gasteiger partial charge >= 0.3 is 0 Å². The van der Waals surface area contributed by atoms with Gasteiger partial charge in [0.25, 0.3) is 5.56 Å². The number of hydrogen-bond donors (Lipinski definition) is 1. The van der Waals surface area contributed by atoms with Crippen LogP contribution in [0.4, 0.5) is 5.69 Å². The molecule has 0 aliphatic rings. The lowest BCUT2D eigenvalue weighted by atomic mass is 10.1. The van der Waals surface area contributed by atoms with Crippen LogP contribution in [0.1, 0.15) is 18.5 Å². The highest BCUT2D eigenvalue weighted by Crippen LogP contribution is 2.25. The normalized spacial score (nSPS) is 12.3. The average molecular weight is 279 g/mol. The van der Waals surface area contributed by atoms with Crippen molar-refractivity contribution in [3.63, 3.8) is 0 Å². The summed E-state index contributed by atoms with van der Waals surface area (Å²) >= 11 is 0. The summed E-state index contributed by atoms with van der Waals surface area (Å²) in [5.41, 5.74) is 2.90. The summed E-state index contributed by atoms with van der Waals surface area (Å²) in [7, 11) is 1.79. The SMILES string of the molecule is CC(Nc1cc(=O)n(C)c2ccccc12)c1ccncc1. The van der Waals surface area contributed by atoms with Crippen LogP contribution in [0.3, 0.4) is 0 Å². The Hall–Kier alpha value is -2.62. The molecule has 1 atom stereocenters. The van der Waals surface area contributed by atoms with Gasteiger partial charge in [-0.15, -0.1) is 0 Å². The third-order valence-corrected chi connectivity index (χ3v) is 3.73. The van der Waals surface area contributed by atoms with Crippen molar-refractivity contribution in [1.82, 2.24) is 9.55 Å². The summed E-state index contributed by atoms with van der Waals surface area (Å²) in [5, 5.41) is 4.47. The summed E-state index contributed by atoms with van der Waals surface area (Å²) in [6.07, 6.45) is 3.55. The van der Waals surface area contributed by atoms with Crippen LogP contribution in [0.2, 0.25) is 0 Å². The standard InChI is InChI=1S/C17H17N3O/c1-12(13-7-9-18-10-8-13)19-15-11-17(21)20(2)16-6-4-3-5-14(15)16/h3-12,19H,1-2H3. The third kappa shape index (κ3) is 2.52. The number of fused-ring (bicyclic) bond motifs is 1. The first-order valence-electron chi connectivity index (χ1n) is 6.92. The molecular formula is C17H17N3O. The number of pyridine rings is 2. The van der Waals surface area contributed by atoms with Crippen molar-refractivity contribution in [2.75, 3.05) is 5.32 Å². The van der Waals surface area contributed by atoms with Crippen molar-refractivity contribution in [3.8, 4) is 0 Å². The molecule has 4 heteroatoms. The van der Waals surface area contributed by atoms with E-state index in [1.165, 1.54) is 0 Å². The summed E-state index contributed by atoms with van der Waals surface area (Å²) in [5.74, 6) is 0. The Morgan fingerprint density at radius 2 is 1.86 bits per heavy atom. The van der Waals surface area contributed by atoms with Gasteiger partial charge in [0.1, 0.15) is 0 Å². The van der Waals surface area contributed by atoms with Crippen LogP contribution in [0.15, 0.2) is 59.7 Å². The first-order chi connectivity index (χ1) is 10.2. The third-order valence-electron chi connectivity index (χ3n) is 3.73. The molecule has 1 aromatic carbocycles. The zero-order chi connectivity index (χ0) is 14.8. The lowest BCUT2D eigenvalue weighted by Crippen LogP contribution is -2.18. The quantitative estimate of drug-likeness (QED) is 0.801. The van der Waals surface area contributed by atoms with E-state index in [2.05, 4.69) is 17.2 Å². The molecule has 0 amide bonds. The molecule has 0 spiro atoms. The topological polar surface area (TPSA) is 46.9 Å². The predicted molar refractivity (Wildman–Crippen MR) is 85.5 cm³/mol. The van der Waals surface area contributed by atoms with Crippen LogP contribution in [-0.4, -0.2) is 9.55 Å². The second-order valence-corrected chi connectivity index (χ2v) is 5.12. The maximum absolute atomic E-state index is 12.1. The molecule has 4 nitrogen and oxygen atoms in total. The van der Waals surface area contributed by atoms with Crippen LogP contribution in [-0.2, 0) is 7.05 Å². The average Bonchev–Trinajstić information content (AvgIpc) is 2.53. The molecule has 0 fully saturated rings. The number of nitrogens with zero attached hydrogens (tertiary/aromatic N) is 2. The van der Waals surface area contributed by atoms with Crippen molar-refractivity contribution in [2.45, 2.75) is 13.0 Å². The Labute approximate surface area is 123 Å². The van der Waals surface area contributed by atoms with E-state index in [1.54, 1.807) is 30.1 Å². The zero-order valence-electron chi connectivity index (χ0n) is 12.1. The van der Waals surface area contributed by atoms with E-state index in [4.69, 9.17) is 0 Å². The predicted octanol–water partition coefficient (Wildman–Crippen LogP) is 3.11. The molecule has 2 aromatic heterocycles. The smallest absolute Gasteiger partial charge is 0.252 e. The molecule has 1 N–H and O–H groups in total. The van der Waals surface area contributed by atoms with E-state index in [-0.39, 0.29) is 11.6 Å². The number of rotatable bonds is 3. The molecule has 3 rings (SSSR count). The fourth-order valence-electron chi connectivity index (χ4n) is 2.50. The highest BCUT2D eigenvalue weighted by Gasteiger charge is 2.10.